The second-order valence-electron chi connectivity index (χ2n) is 9.82. The van der Waals surface area contributed by atoms with Gasteiger partial charge in [-0.15, -0.1) is 11.8 Å². The van der Waals surface area contributed by atoms with E-state index in [4.69, 9.17) is 9.47 Å². The lowest BCUT2D eigenvalue weighted by Crippen LogP contribution is -2.03. The summed E-state index contributed by atoms with van der Waals surface area (Å²) in [6, 6.07) is 6.22. The SMILES string of the molecule is COC(=O)CCCCCCCCCCOc1ccc(SC)cc1OCCCCCCCCCCC(=O)OC. The molecular weight excluding hydrogens is 500 g/mol. The molecule has 38 heavy (non-hydrogen) atoms. The Bertz CT molecular complexity index is 739. The van der Waals surface area contributed by atoms with E-state index in [0.717, 1.165) is 50.0 Å². The summed E-state index contributed by atoms with van der Waals surface area (Å²) < 4.78 is 21.6. The van der Waals surface area contributed by atoms with Crippen LogP contribution in [0.1, 0.15) is 116 Å². The van der Waals surface area contributed by atoms with Crippen molar-refractivity contribution in [1.29, 1.82) is 0 Å². The molecule has 0 aliphatic rings. The van der Waals surface area contributed by atoms with Crippen molar-refractivity contribution in [2.24, 2.45) is 0 Å². The molecule has 0 spiro atoms. The highest BCUT2D eigenvalue weighted by Gasteiger charge is 2.07. The first kappa shape index (κ1) is 34.1. The predicted octanol–water partition coefficient (Wildman–Crippen LogP) is 8.53. The molecule has 0 saturated heterocycles. The number of rotatable bonds is 25. The van der Waals surface area contributed by atoms with Crippen molar-refractivity contribution in [2.75, 3.05) is 33.7 Å². The van der Waals surface area contributed by atoms with Crippen LogP contribution in [0.2, 0.25) is 0 Å². The monoisotopic (exact) mass is 552 g/mol. The second kappa shape index (κ2) is 24.2. The molecule has 1 aromatic carbocycles. The summed E-state index contributed by atoms with van der Waals surface area (Å²) in [5, 5.41) is 0. The fourth-order valence-electron chi connectivity index (χ4n) is 4.28. The molecule has 0 bridgehead atoms. The zero-order valence-electron chi connectivity index (χ0n) is 24.2. The summed E-state index contributed by atoms with van der Waals surface area (Å²) in [6.45, 7) is 1.43. The number of carbonyl (C=O) groups is 2. The number of ether oxygens (including phenoxy) is 4. The Morgan fingerprint density at radius 3 is 1.39 bits per heavy atom. The first-order chi connectivity index (χ1) is 18.6. The van der Waals surface area contributed by atoms with Crippen molar-refractivity contribution in [1.82, 2.24) is 0 Å². The minimum atomic E-state index is -0.102. The Labute approximate surface area is 235 Å². The third kappa shape index (κ3) is 18.4. The quantitative estimate of drug-likeness (QED) is 0.0683. The molecule has 0 radical (unpaired) electrons. The van der Waals surface area contributed by atoms with Crippen molar-refractivity contribution >= 4 is 23.7 Å². The van der Waals surface area contributed by atoms with Crippen molar-refractivity contribution in [3.05, 3.63) is 18.2 Å². The van der Waals surface area contributed by atoms with Crippen LogP contribution in [-0.4, -0.2) is 45.6 Å². The van der Waals surface area contributed by atoms with Gasteiger partial charge in [0, 0.05) is 17.7 Å². The van der Waals surface area contributed by atoms with Crippen molar-refractivity contribution in [3.63, 3.8) is 0 Å². The lowest BCUT2D eigenvalue weighted by molar-refractivity contribution is -0.141. The number of esters is 2. The molecule has 1 rings (SSSR count). The van der Waals surface area contributed by atoms with Crippen LogP contribution in [0.4, 0.5) is 0 Å². The maximum Gasteiger partial charge on any atom is 0.305 e. The molecule has 1 aromatic rings. The smallest absolute Gasteiger partial charge is 0.305 e. The van der Waals surface area contributed by atoms with Crippen LogP contribution in [0.5, 0.6) is 11.5 Å². The number of benzene rings is 1. The van der Waals surface area contributed by atoms with Gasteiger partial charge in [-0.3, -0.25) is 9.59 Å². The number of methoxy groups -OCH3 is 2. The van der Waals surface area contributed by atoms with Gasteiger partial charge < -0.3 is 18.9 Å². The topological polar surface area (TPSA) is 71.1 Å². The minimum Gasteiger partial charge on any atom is -0.490 e. The third-order valence-corrected chi connectivity index (χ3v) is 7.40. The van der Waals surface area contributed by atoms with E-state index in [1.807, 2.05) is 6.07 Å². The highest BCUT2D eigenvalue weighted by atomic mass is 32.2. The zero-order chi connectivity index (χ0) is 27.7. The molecule has 0 aliphatic carbocycles. The first-order valence-electron chi connectivity index (χ1n) is 14.7. The molecule has 0 atom stereocenters. The highest BCUT2D eigenvalue weighted by Crippen LogP contribution is 2.32. The summed E-state index contributed by atoms with van der Waals surface area (Å²) in [6.07, 6.45) is 21.4. The van der Waals surface area contributed by atoms with Gasteiger partial charge in [0.2, 0.25) is 0 Å². The van der Waals surface area contributed by atoms with Crippen LogP contribution in [0, 0.1) is 0 Å². The first-order valence-corrected chi connectivity index (χ1v) is 15.9. The van der Waals surface area contributed by atoms with E-state index < -0.39 is 0 Å². The molecule has 218 valence electrons. The van der Waals surface area contributed by atoms with Gasteiger partial charge in [-0.25, -0.2) is 0 Å². The minimum absolute atomic E-state index is 0.102. The number of hydrogen-bond donors (Lipinski definition) is 0. The highest BCUT2D eigenvalue weighted by molar-refractivity contribution is 7.98. The second-order valence-corrected chi connectivity index (χ2v) is 10.7. The lowest BCUT2D eigenvalue weighted by Gasteiger charge is -2.14. The average Bonchev–Trinajstić information content (AvgIpc) is 2.94. The fraction of sp³-hybridized carbons (Fsp3) is 0.742. The standard InChI is InChI=1S/C31H52O6S/c1-34-30(32)20-16-12-8-4-6-10-14-18-24-36-28-23-22-27(38-3)26-29(28)37-25-19-15-11-7-5-9-13-17-21-31(33)35-2/h22-23,26H,4-21,24-25H2,1-3H3. The van der Waals surface area contributed by atoms with E-state index in [2.05, 4.69) is 27.9 Å². The number of unbranched alkanes of at least 4 members (excludes halogenated alkanes) is 14. The molecule has 0 aromatic heterocycles. The maximum atomic E-state index is 11.1. The normalized spacial score (nSPS) is 10.8. The Morgan fingerprint density at radius 2 is 0.974 bits per heavy atom. The average molecular weight is 553 g/mol. The van der Waals surface area contributed by atoms with Crippen molar-refractivity contribution < 1.29 is 28.5 Å². The molecule has 0 N–H and O–H groups in total. The van der Waals surface area contributed by atoms with Crippen LogP contribution < -0.4 is 9.47 Å². The van der Waals surface area contributed by atoms with Crippen LogP contribution in [0.3, 0.4) is 0 Å². The van der Waals surface area contributed by atoms with Crippen LogP contribution in [0.25, 0.3) is 0 Å². The van der Waals surface area contributed by atoms with Gasteiger partial charge in [0.05, 0.1) is 27.4 Å². The molecule has 0 saturated carbocycles. The Morgan fingerprint density at radius 1 is 0.579 bits per heavy atom. The van der Waals surface area contributed by atoms with E-state index in [1.54, 1.807) is 11.8 Å². The Balaban J connectivity index is 2.11. The van der Waals surface area contributed by atoms with Gasteiger partial charge in [-0.05, 0) is 50.1 Å². The van der Waals surface area contributed by atoms with E-state index in [9.17, 15) is 9.59 Å². The van der Waals surface area contributed by atoms with Gasteiger partial charge in [-0.2, -0.15) is 0 Å². The van der Waals surface area contributed by atoms with Crippen LogP contribution in [-0.2, 0) is 19.1 Å². The van der Waals surface area contributed by atoms with Crippen LogP contribution in [0.15, 0.2) is 23.1 Å². The lowest BCUT2D eigenvalue weighted by atomic mass is 10.1. The molecule has 0 fully saturated rings. The predicted molar refractivity (Wildman–Crippen MR) is 156 cm³/mol. The molecule has 0 aliphatic heterocycles. The number of hydrogen-bond acceptors (Lipinski definition) is 7. The third-order valence-electron chi connectivity index (χ3n) is 6.67. The van der Waals surface area contributed by atoms with Gasteiger partial charge >= 0.3 is 11.9 Å². The molecule has 6 nitrogen and oxygen atoms in total. The summed E-state index contributed by atoms with van der Waals surface area (Å²) >= 11 is 1.72. The number of thioether (sulfide) groups is 1. The van der Waals surface area contributed by atoms with Gasteiger partial charge in [-0.1, -0.05) is 77.0 Å². The summed E-state index contributed by atoms with van der Waals surface area (Å²) in [5.41, 5.74) is 0. The summed E-state index contributed by atoms with van der Waals surface area (Å²) in [4.78, 5) is 23.4. The molecular formula is C31H52O6S. The fourth-order valence-corrected chi connectivity index (χ4v) is 4.71. The zero-order valence-corrected chi connectivity index (χ0v) is 25.0. The number of carbonyl (C=O) groups excluding carboxylic acids is 2. The van der Waals surface area contributed by atoms with Crippen molar-refractivity contribution in [2.45, 2.75) is 120 Å². The van der Waals surface area contributed by atoms with Gasteiger partial charge in [0.25, 0.3) is 0 Å². The molecule has 0 unspecified atom stereocenters. The van der Waals surface area contributed by atoms with Crippen LogP contribution >= 0.6 is 11.8 Å². The van der Waals surface area contributed by atoms with E-state index in [0.29, 0.717) is 26.1 Å². The van der Waals surface area contributed by atoms with Crippen molar-refractivity contribution in [3.8, 4) is 11.5 Å². The molecule has 7 heteroatoms. The van der Waals surface area contributed by atoms with E-state index >= 15 is 0 Å². The Kier molecular flexibility index (Phi) is 21.7. The van der Waals surface area contributed by atoms with Gasteiger partial charge in [0.1, 0.15) is 0 Å². The summed E-state index contributed by atoms with van der Waals surface area (Å²) in [5.74, 6) is 1.50. The van der Waals surface area contributed by atoms with Gasteiger partial charge in [0.15, 0.2) is 11.5 Å². The maximum absolute atomic E-state index is 11.1. The van der Waals surface area contributed by atoms with E-state index in [1.165, 1.54) is 83.3 Å². The van der Waals surface area contributed by atoms with E-state index in [-0.39, 0.29) is 11.9 Å². The summed E-state index contributed by atoms with van der Waals surface area (Å²) in [7, 11) is 2.90. The largest absolute Gasteiger partial charge is 0.490 e. The Hall–Kier alpha value is -1.89. The molecule has 0 amide bonds. The molecule has 0 heterocycles.